The third-order valence-electron chi connectivity index (χ3n) is 4.75. The van der Waals surface area contributed by atoms with Crippen LogP contribution in [0, 0.1) is 6.07 Å². The van der Waals surface area contributed by atoms with Crippen molar-refractivity contribution in [1.29, 1.82) is 0 Å². The molecule has 0 saturated carbocycles. The Morgan fingerprint density at radius 1 is 0.778 bits per heavy atom. The van der Waals surface area contributed by atoms with E-state index in [-0.39, 0.29) is 20.1 Å². The van der Waals surface area contributed by atoms with Crippen LogP contribution in [0.15, 0.2) is 66.7 Å². The number of rotatable bonds is 1. The van der Waals surface area contributed by atoms with E-state index in [1.54, 1.807) is 0 Å². The van der Waals surface area contributed by atoms with Crippen molar-refractivity contribution in [3.8, 4) is 33.5 Å². The molecule has 3 aromatic carbocycles. The maximum atomic E-state index is 13.1. The summed E-state index contributed by atoms with van der Waals surface area (Å²) in [5.74, 6) is 0. The van der Waals surface area contributed by atoms with E-state index in [2.05, 4.69) is 23.2 Å². The van der Waals surface area contributed by atoms with Crippen LogP contribution in [0.3, 0.4) is 0 Å². The predicted octanol–water partition coefficient (Wildman–Crippen LogP) is 6.37. The molecule has 1 aliphatic carbocycles. The van der Waals surface area contributed by atoms with Crippen molar-refractivity contribution in [3.63, 3.8) is 0 Å². The van der Waals surface area contributed by atoms with Gasteiger partial charge in [0.25, 0.3) is 0 Å². The van der Waals surface area contributed by atoms with Gasteiger partial charge in [0.1, 0.15) is 0 Å². The van der Waals surface area contributed by atoms with E-state index < -0.39 is 11.7 Å². The summed E-state index contributed by atoms with van der Waals surface area (Å²) in [6, 6.07) is 22.1. The molecular weight excluding hydrogens is 527 g/mol. The molecule has 1 heterocycles. The van der Waals surface area contributed by atoms with Gasteiger partial charge in [0.05, 0.1) is 5.52 Å². The summed E-state index contributed by atoms with van der Waals surface area (Å²) >= 11 is 0. The molecule has 0 atom stereocenters. The largest absolute Gasteiger partial charge is 0.399 e. The van der Waals surface area contributed by atoms with Crippen molar-refractivity contribution in [2.75, 3.05) is 0 Å². The zero-order valence-corrected chi connectivity index (χ0v) is 16.2. The summed E-state index contributed by atoms with van der Waals surface area (Å²) < 4.78 is 39.2. The Balaban J connectivity index is 0.00000180. The molecule has 135 valence electrons. The second kappa shape index (κ2) is 6.29. The van der Waals surface area contributed by atoms with Gasteiger partial charge in [-0.3, -0.25) is 4.98 Å². The minimum Gasteiger partial charge on any atom is -0.296 e. The molecule has 1 nitrogen and oxygen atoms in total. The predicted molar refractivity (Wildman–Crippen MR) is 95.4 cm³/mol. The van der Waals surface area contributed by atoms with Crippen molar-refractivity contribution in [2.45, 2.75) is 6.18 Å². The molecule has 1 radical (unpaired) electrons. The summed E-state index contributed by atoms with van der Waals surface area (Å²) in [5, 5.41) is 1.05. The van der Waals surface area contributed by atoms with E-state index in [4.69, 9.17) is 0 Å². The van der Waals surface area contributed by atoms with Gasteiger partial charge in [-0.15, -0.1) is 29.8 Å². The zero-order valence-electron chi connectivity index (χ0n) is 13.8. The molecule has 0 N–H and O–H groups in total. The first-order chi connectivity index (χ1) is 12.5. The standard InChI is InChI=1S/C22H11F3N.Ir/c23-22(24,25)14-6-3-5-13(11-14)20-12-18-16-8-2-1-7-15(16)17-9-4-10-19(26-20)21(17)18;/h1-4,6-12H;/q-1;. The van der Waals surface area contributed by atoms with Gasteiger partial charge in [0.15, 0.2) is 0 Å². The first-order valence-corrected chi connectivity index (χ1v) is 8.15. The van der Waals surface area contributed by atoms with Crippen LogP contribution in [0.2, 0.25) is 0 Å². The van der Waals surface area contributed by atoms with Crippen LogP contribution < -0.4 is 0 Å². The summed E-state index contributed by atoms with van der Waals surface area (Å²) in [6.07, 6.45) is -4.39. The maximum absolute atomic E-state index is 13.1. The molecule has 0 aliphatic heterocycles. The second-order valence-corrected chi connectivity index (χ2v) is 6.29. The van der Waals surface area contributed by atoms with Gasteiger partial charge in [-0.25, -0.2) is 0 Å². The Hall–Kier alpha value is -2.49. The maximum Gasteiger partial charge on any atom is 0.399 e. The quantitative estimate of drug-likeness (QED) is 0.226. The fourth-order valence-electron chi connectivity index (χ4n) is 3.61. The number of alkyl halides is 3. The Kier molecular flexibility index (Phi) is 4.17. The minimum absolute atomic E-state index is 0. The number of halogens is 3. The number of nitrogens with zero attached hydrogens (tertiary/aromatic N) is 1. The van der Waals surface area contributed by atoms with Crippen molar-refractivity contribution >= 4 is 10.9 Å². The molecule has 27 heavy (non-hydrogen) atoms. The molecule has 0 saturated heterocycles. The molecule has 1 aromatic heterocycles. The normalized spacial score (nSPS) is 12.0. The van der Waals surface area contributed by atoms with Gasteiger partial charge in [-0.1, -0.05) is 42.5 Å². The molecule has 5 rings (SSSR count). The van der Waals surface area contributed by atoms with E-state index in [9.17, 15) is 13.2 Å². The van der Waals surface area contributed by atoms with Crippen LogP contribution in [0.25, 0.3) is 44.4 Å². The third kappa shape index (κ3) is 2.78. The van der Waals surface area contributed by atoms with Crippen molar-refractivity contribution in [2.24, 2.45) is 0 Å². The molecule has 0 amide bonds. The van der Waals surface area contributed by atoms with E-state index in [0.29, 0.717) is 11.3 Å². The van der Waals surface area contributed by atoms with E-state index in [0.717, 1.165) is 45.3 Å². The van der Waals surface area contributed by atoms with Crippen LogP contribution in [-0.2, 0) is 26.3 Å². The summed E-state index contributed by atoms with van der Waals surface area (Å²) in [4.78, 5) is 4.61. The SMILES string of the molecule is FC(F)(F)c1cc[c-]c(-c2cc3c4c(cccc4n2)-c2ccccc2-3)c1.[Ir]. The third-order valence-corrected chi connectivity index (χ3v) is 4.75. The molecule has 4 aromatic rings. The van der Waals surface area contributed by atoms with Gasteiger partial charge < -0.3 is 0 Å². The number of fused-ring (bicyclic) bond motifs is 3. The summed E-state index contributed by atoms with van der Waals surface area (Å²) in [5.41, 5.74) is 5.23. The van der Waals surface area contributed by atoms with Crippen molar-refractivity contribution in [1.82, 2.24) is 4.98 Å². The number of pyridine rings is 1. The molecular formula is C22H11F3IrN-. The minimum atomic E-state index is -4.39. The summed E-state index contributed by atoms with van der Waals surface area (Å²) in [7, 11) is 0. The fraction of sp³-hybridized carbons (Fsp3) is 0.0455. The average molecular weight is 539 g/mol. The van der Waals surface area contributed by atoms with Crippen LogP contribution in [0.1, 0.15) is 5.56 Å². The topological polar surface area (TPSA) is 12.9 Å². The van der Waals surface area contributed by atoms with Crippen LogP contribution in [0.5, 0.6) is 0 Å². The van der Waals surface area contributed by atoms with Gasteiger partial charge in [-0.05, 0) is 39.6 Å². The number of hydrogen-bond donors (Lipinski definition) is 0. The van der Waals surface area contributed by atoms with E-state index in [1.165, 1.54) is 6.07 Å². The van der Waals surface area contributed by atoms with Crippen molar-refractivity contribution in [3.05, 3.63) is 78.4 Å². The Bertz CT molecular complexity index is 1180. The second-order valence-electron chi connectivity index (χ2n) is 6.29. The van der Waals surface area contributed by atoms with E-state index >= 15 is 0 Å². The number of aromatic nitrogens is 1. The van der Waals surface area contributed by atoms with E-state index in [1.807, 2.05) is 36.4 Å². The molecule has 0 bridgehead atoms. The number of benzene rings is 3. The molecule has 0 spiro atoms. The van der Waals surface area contributed by atoms with Crippen molar-refractivity contribution < 1.29 is 33.3 Å². The molecule has 1 aliphatic rings. The monoisotopic (exact) mass is 539 g/mol. The molecule has 0 fully saturated rings. The van der Waals surface area contributed by atoms with Crippen LogP contribution >= 0.6 is 0 Å². The van der Waals surface area contributed by atoms with Gasteiger partial charge in [0, 0.05) is 25.5 Å². The molecule has 0 unspecified atom stereocenters. The van der Waals surface area contributed by atoms with Crippen LogP contribution in [-0.4, -0.2) is 4.98 Å². The first-order valence-electron chi connectivity index (χ1n) is 8.15. The zero-order chi connectivity index (χ0) is 17.9. The Morgan fingerprint density at radius 3 is 2.22 bits per heavy atom. The van der Waals surface area contributed by atoms with Gasteiger partial charge >= 0.3 is 6.18 Å². The van der Waals surface area contributed by atoms with Crippen LogP contribution in [0.4, 0.5) is 13.2 Å². The Morgan fingerprint density at radius 2 is 1.48 bits per heavy atom. The first kappa shape index (κ1) is 17.9. The smallest absolute Gasteiger partial charge is 0.296 e. The molecule has 5 heteroatoms. The number of hydrogen-bond acceptors (Lipinski definition) is 1. The average Bonchev–Trinajstić information content (AvgIpc) is 2.97. The summed E-state index contributed by atoms with van der Waals surface area (Å²) in [6.45, 7) is 0. The fourth-order valence-corrected chi connectivity index (χ4v) is 3.61. The van der Waals surface area contributed by atoms with Gasteiger partial charge in [-0.2, -0.15) is 13.2 Å². The Labute approximate surface area is 167 Å². The van der Waals surface area contributed by atoms with Gasteiger partial charge in [0.2, 0.25) is 0 Å².